The van der Waals surface area contributed by atoms with Crippen molar-refractivity contribution in [3.05, 3.63) is 0 Å². The van der Waals surface area contributed by atoms with E-state index in [0.717, 1.165) is 25.7 Å². The fraction of sp³-hybridized carbons (Fsp3) is 1.00. The molecule has 0 heterocycles. The van der Waals surface area contributed by atoms with Gasteiger partial charge < -0.3 is 10.8 Å². The van der Waals surface area contributed by atoms with Crippen molar-refractivity contribution in [3.63, 3.8) is 0 Å². The molecule has 1 saturated carbocycles. The maximum absolute atomic E-state index is 12.2. The Hall–Kier alpha value is -0.150. The zero-order chi connectivity index (χ0) is 9.03. The van der Waals surface area contributed by atoms with Crippen LogP contribution in [0.4, 0.5) is 4.39 Å². The van der Waals surface area contributed by atoms with Gasteiger partial charge in [0, 0.05) is 0 Å². The highest BCUT2D eigenvalue weighted by molar-refractivity contribution is 4.86. The predicted octanol–water partition coefficient (Wildman–Crippen LogP) is 1.23. The zero-order valence-corrected chi connectivity index (χ0v) is 7.43. The van der Waals surface area contributed by atoms with Crippen LogP contribution in [0.1, 0.15) is 32.1 Å². The molecule has 0 saturated heterocycles. The highest BCUT2D eigenvalue weighted by atomic mass is 19.1. The van der Waals surface area contributed by atoms with Gasteiger partial charge >= 0.3 is 0 Å². The van der Waals surface area contributed by atoms with Gasteiger partial charge in [-0.15, -0.1) is 0 Å². The molecule has 3 N–H and O–H groups in total. The first-order valence-electron chi connectivity index (χ1n) is 4.66. The Balaban J connectivity index is 2.45. The van der Waals surface area contributed by atoms with Crippen molar-refractivity contribution in [2.75, 3.05) is 13.2 Å². The number of nitrogens with two attached hydrogens (primary N) is 1. The summed E-state index contributed by atoms with van der Waals surface area (Å²) < 4.78 is 12.2. The van der Waals surface area contributed by atoms with E-state index in [4.69, 9.17) is 5.73 Å². The molecule has 0 radical (unpaired) electrons. The second-order valence-corrected chi connectivity index (χ2v) is 3.87. The topological polar surface area (TPSA) is 46.2 Å². The van der Waals surface area contributed by atoms with Gasteiger partial charge in [0.25, 0.3) is 0 Å². The van der Waals surface area contributed by atoms with Crippen LogP contribution in [0.5, 0.6) is 0 Å². The molecule has 3 heteroatoms. The Bertz CT molecular complexity index is 132. The first kappa shape index (κ1) is 9.93. The highest BCUT2D eigenvalue weighted by Gasteiger charge is 2.32. The molecule has 12 heavy (non-hydrogen) atoms. The minimum atomic E-state index is -0.284. The Morgan fingerprint density at radius 3 is 2.42 bits per heavy atom. The van der Waals surface area contributed by atoms with Crippen LogP contribution in [-0.2, 0) is 0 Å². The van der Waals surface area contributed by atoms with Crippen molar-refractivity contribution < 1.29 is 9.50 Å². The van der Waals surface area contributed by atoms with Gasteiger partial charge in [-0.1, -0.05) is 0 Å². The predicted molar refractivity (Wildman–Crippen MR) is 46.6 cm³/mol. The Morgan fingerprint density at radius 2 is 2.00 bits per heavy atom. The van der Waals surface area contributed by atoms with Gasteiger partial charge in [-0.2, -0.15) is 0 Å². The summed E-state index contributed by atoms with van der Waals surface area (Å²) >= 11 is 0. The normalized spacial score (nSPS) is 36.8. The number of halogens is 1. The SMILES string of the molecule is NCC1(CCF)CCC(O)CC1. The molecule has 0 atom stereocenters. The summed E-state index contributed by atoms with van der Waals surface area (Å²) in [7, 11) is 0. The maximum Gasteiger partial charge on any atom is 0.0900 e. The number of hydrogen-bond acceptors (Lipinski definition) is 2. The molecule has 1 fully saturated rings. The molecule has 1 rings (SSSR count). The summed E-state index contributed by atoms with van der Waals surface area (Å²) in [5.74, 6) is 0. The van der Waals surface area contributed by atoms with Crippen LogP contribution in [0, 0.1) is 5.41 Å². The number of aliphatic hydroxyl groups is 1. The molecule has 1 aliphatic rings. The van der Waals surface area contributed by atoms with E-state index >= 15 is 0 Å². The Labute approximate surface area is 73.0 Å². The largest absolute Gasteiger partial charge is 0.393 e. The van der Waals surface area contributed by atoms with Crippen LogP contribution in [0.25, 0.3) is 0 Å². The van der Waals surface area contributed by atoms with E-state index in [2.05, 4.69) is 0 Å². The van der Waals surface area contributed by atoms with Crippen molar-refractivity contribution in [1.82, 2.24) is 0 Å². The van der Waals surface area contributed by atoms with E-state index in [1.54, 1.807) is 0 Å². The summed E-state index contributed by atoms with van der Waals surface area (Å²) in [6.07, 6.45) is 3.73. The van der Waals surface area contributed by atoms with Crippen molar-refractivity contribution in [3.8, 4) is 0 Å². The molecule has 0 amide bonds. The Morgan fingerprint density at radius 1 is 1.42 bits per heavy atom. The van der Waals surface area contributed by atoms with Crippen LogP contribution in [-0.4, -0.2) is 24.4 Å². The molecule has 1 aliphatic carbocycles. The first-order chi connectivity index (χ1) is 5.72. The lowest BCUT2D eigenvalue weighted by molar-refractivity contribution is 0.0579. The summed E-state index contributed by atoms with van der Waals surface area (Å²) in [6.45, 7) is 0.275. The zero-order valence-electron chi connectivity index (χ0n) is 7.43. The lowest BCUT2D eigenvalue weighted by Crippen LogP contribution is -2.36. The van der Waals surface area contributed by atoms with Crippen LogP contribution >= 0.6 is 0 Å². The molecule has 2 nitrogen and oxygen atoms in total. The van der Waals surface area contributed by atoms with Gasteiger partial charge in [-0.25, -0.2) is 0 Å². The summed E-state index contributed by atoms with van der Waals surface area (Å²) in [6, 6.07) is 0. The Kier molecular flexibility index (Phi) is 3.47. The molecule has 0 unspecified atom stereocenters. The smallest absolute Gasteiger partial charge is 0.0900 e. The van der Waals surface area contributed by atoms with Gasteiger partial charge in [0.1, 0.15) is 0 Å². The third-order valence-corrected chi connectivity index (χ3v) is 3.07. The van der Waals surface area contributed by atoms with Gasteiger partial charge in [0.15, 0.2) is 0 Å². The monoisotopic (exact) mass is 175 g/mol. The minimum absolute atomic E-state index is 0.00597. The van der Waals surface area contributed by atoms with Crippen molar-refractivity contribution in [1.29, 1.82) is 0 Å². The highest BCUT2D eigenvalue weighted by Crippen LogP contribution is 2.38. The summed E-state index contributed by atoms with van der Waals surface area (Å²) in [4.78, 5) is 0. The number of rotatable bonds is 3. The molecular formula is C9H18FNO. The quantitative estimate of drug-likeness (QED) is 0.677. The van der Waals surface area contributed by atoms with E-state index in [-0.39, 0.29) is 18.2 Å². The van der Waals surface area contributed by atoms with E-state index in [9.17, 15) is 9.50 Å². The van der Waals surface area contributed by atoms with Crippen LogP contribution in [0.2, 0.25) is 0 Å². The second-order valence-electron chi connectivity index (χ2n) is 3.87. The molecule has 0 aromatic heterocycles. The summed E-state index contributed by atoms with van der Waals surface area (Å²) in [5.41, 5.74) is 5.62. The minimum Gasteiger partial charge on any atom is -0.393 e. The number of alkyl halides is 1. The molecule has 0 aromatic carbocycles. The molecule has 72 valence electrons. The van der Waals surface area contributed by atoms with Crippen molar-refractivity contribution >= 4 is 0 Å². The lowest BCUT2D eigenvalue weighted by atomic mass is 9.71. The van der Waals surface area contributed by atoms with E-state index in [0.29, 0.717) is 13.0 Å². The van der Waals surface area contributed by atoms with E-state index in [1.807, 2.05) is 0 Å². The van der Waals surface area contributed by atoms with Crippen molar-refractivity contribution in [2.45, 2.75) is 38.2 Å². The van der Waals surface area contributed by atoms with E-state index in [1.165, 1.54) is 0 Å². The molecule has 0 aliphatic heterocycles. The second kappa shape index (κ2) is 4.19. The third-order valence-electron chi connectivity index (χ3n) is 3.07. The van der Waals surface area contributed by atoms with Crippen LogP contribution in [0.15, 0.2) is 0 Å². The van der Waals surface area contributed by atoms with E-state index < -0.39 is 0 Å². The molecule has 0 aromatic rings. The van der Waals surface area contributed by atoms with Crippen LogP contribution < -0.4 is 5.73 Å². The molecule has 0 bridgehead atoms. The summed E-state index contributed by atoms with van der Waals surface area (Å²) in [5, 5.41) is 9.27. The van der Waals surface area contributed by atoms with Gasteiger partial charge in [-0.3, -0.25) is 4.39 Å². The fourth-order valence-electron chi connectivity index (χ4n) is 1.97. The van der Waals surface area contributed by atoms with Crippen molar-refractivity contribution in [2.24, 2.45) is 11.1 Å². The van der Waals surface area contributed by atoms with Crippen LogP contribution in [0.3, 0.4) is 0 Å². The maximum atomic E-state index is 12.2. The number of hydrogen-bond donors (Lipinski definition) is 2. The first-order valence-corrected chi connectivity index (χ1v) is 4.66. The average molecular weight is 175 g/mol. The fourth-order valence-corrected chi connectivity index (χ4v) is 1.97. The molecular weight excluding hydrogens is 157 g/mol. The van der Waals surface area contributed by atoms with Gasteiger partial charge in [-0.05, 0) is 44.1 Å². The third kappa shape index (κ3) is 2.17. The van der Waals surface area contributed by atoms with Gasteiger partial charge in [0.05, 0.1) is 12.8 Å². The average Bonchev–Trinajstić information content (AvgIpc) is 2.10. The lowest BCUT2D eigenvalue weighted by Gasteiger charge is -2.37. The molecule has 0 spiro atoms. The van der Waals surface area contributed by atoms with Gasteiger partial charge in [0.2, 0.25) is 0 Å². The number of aliphatic hydroxyl groups excluding tert-OH is 1. The standard InChI is InChI=1S/C9H18FNO/c10-6-5-9(7-11)3-1-8(12)2-4-9/h8,12H,1-7,11H2.